The number of hydrogen-bond donors (Lipinski definition) is 2. The van der Waals surface area contributed by atoms with Gasteiger partial charge in [0, 0.05) is 5.56 Å². The summed E-state index contributed by atoms with van der Waals surface area (Å²) in [5.74, 6) is 0.169. The molecule has 1 aromatic rings. The second kappa shape index (κ2) is 5.32. The Morgan fingerprint density at radius 2 is 2.00 bits per heavy atom. The van der Waals surface area contributed by atoms with E-state index in [0.29, 0.717) is 5.56 Å². The highest BCUT2D eigenvalue weighted by Crippen LogP contribution is 2.19. The van der Waals surface area contributed by atoms with E-state index in [-0.39, 0.29) is 12.4 Å². The van der Waals surface area contributed by atoms with E-state index in [1.54, 1.807) is 12.1 Å². The number of aryl methyl sites for hydroxylation is 1. The predicted octanol–water partition coefficient (Wildman–Crippen LogP) is 1.01. The molecule has 0 spiro atoms. The Morgan fingerprint density at radius 3 is 2.33 bits per heavy atom. The molecule has 0 aliphatic heterocycles. The van der Waals surface area contributed by atoms with Crippen LogP contribution in [0.3, 0.4) is 0 Å². The zero-order valence-corrected chi connectivity index (χ0v) is 6.95. The van der Waals surface area contributed by atoms with E-state index in [0.717, 1.165) is 5.56 Å². The van der Waals surface area contributed by atoms with Crippen molar-refractivity contribution in [2.45, 2.75) is 13.5 Å². The van der Waals surface area contributed by atoms with Gasteiger partial charge in [0.1, 0.15) is 12.5 Å². The van der Waals surface area contributed by atoms with Gasteiger partial charge in [0.25, 0.3) is 0 Å². The van der Waals surface area contributed by atoms with Crippen molar-refractivity contribution in [2.75, 3.05) is 0 Å². The molecule has 0 fully saturated rings. The van der Waals surface area contributed by atoms with E-state index in [2.05, 4.69) is 0 Å². The van der Waals surface area contributed by atoms with E-state index in [4.69, 9.17) is 15.0 Å². The highest BCUT2D eigenvalue weighted by molar-refractivity contribution is 5.37. The maximum atomic E-state index is 9.13. The number of rotatable bonds is 1. The quantitative estimate of drug-likeness (QED) is 0.658. The molecule has 2 N–H and O–H groups in total. The molecule has 0 heterocycles. The lowest BCUT2D eigenvalue weighted by molar-refractivity contribution is -0.0979. The van der Waals surface area contributed by atoms with E-state index >= 15 is 0 Å². The first-order chi connectivity index (χ1) is 5.75. The van der Waals surface area contributed by atoms with Gasteiger partial charge in [0.2, 0.25) is 0 Å². The maximum absolute atomic E-state index is 9.13. The Bertz CT molecular complexity index is 225. The van der Waals surface area contributed by atoms with Crippen LogP contribution in [0.5, 0.6) is 5.75 Å². The summed E-state index contributed by atoms with van der Waals surface area (Å²) < 4.78 is 0. The average Bonchev–Trinajstić information content (AvgIpc) is 2.08. The molecule has 0 saturated heterocycles. The second-order valence-electron chi connectivity index (χ2n) is 2.23. The smallest absolute Gasteiger partial charge is 0.121 e. The van der Waals surface area contributed by atoms with E-state index in [1.165, 1.54) is 0 Å². The fraction of sp³-hybridized carbons (Fsp3) is 0.222. The van der Waals surface area contributed by atoms with Crippen molar-refractivity contribution in [1.29, 1.82) is 0 Å². The number of carbonyl (C=O) groups excluding carboxylic acids is 1. The molecule has 3 heteroatoms. The van der Waals surface area contributed by atoms with Crippen LogP contribution in [0.4, 0.5) is 0 Å². The summed E-state index contributed by atoms with van der Waals surface area (Å²) in [6, 6.07) is 5.17. The largest absolute Gasteiger partial charge is 0.508 e. The van der Waals surface area contributed by atoms with Gasteiger partial charge >= 0.3 is 0 Å². The third-order valence-corrected chi connectivity index (χ3v) is 1.54. The summed E-state index contributed by atoms with van der Waals surface area (Å²) in [6.45, 7) is 3.75. The SMILES string of the molecule is C=O.Cc1cccc(O)c1CO. The lowest BCUT2D eigenvalue weighted by atomic mass is 10.1. The molecule has 1 aromatic carbocycles. The van der Waals surface area contributed by atoms with E-state index < -0.39 is 0 Å². The van der Waals surface area contributed by atoms with Crippen molar-refractivity contribution in [3.8, 4) is 5.75 Å². The number of hydrogen-bond acceptors (Lipinski definition) is 3. The van der Waals surface area contributed by atoms with Crippen LogP contribution in [0.1, 0.15) is 11.1 Å². The first kappa shape index (κ1) is 10.7. The zero-order chi connectivity index (χ0) is 9.56. The highest BCUT2D eigenvalue weighted by atomic mass is 16.3. The molecular weight excluding hydrogens is 156 g/mol. The fourth-order valence-electron chi connectivity index (χ4n) is 0.892. The molecule has 3 nitrogen and oxygen atoms in total. The van der Waals surface area contributed by atoms with Crippen molar-refractivity contribution < 1.29 is 15.0 Å². The van der Waals surface area contributed by atoms with Crippen LogP contribution < -0.4 is 0 Å². The molecule has 0 aliphatic carbocycles. The topological polar surface area (TPSA) is 57.5 Å². The highest BCUT2D eigenvalue weighted by Gasteiger charge is 2.00. The molecule has 0 saturated carbocycles. The van der Waals surface area contributed by atoms with Crippen molar-refractivity contribution in [1.82, 2.24) is 0 Å². The summed E-state index contributed by atoms with van der Waals surface area (Å²) in [4.78, 5) is 8.00. The van der Waals surface area contributed by atoms with Gasteiger partial charge in [-0.05, 0) is 18.6 Å². The number of phenols is 1. The lowest BCUT2D eigenvalue weighted by Crippen LogP contribution is -1.87. The van der Waals surface area contributed by atoms with Gasteiger partial charge in [0.15, 0.2) is 0 Å². The van der Waals surface area contributed by atoms with Crippen molar-refractivity contribution >= 4 is 6.79 Å². The Kier molecular flexibility index (Phi) is 4.72. The van der Waals surface area contributed by atoms with E-state index in [9.17, 15) is 0 Å². The molecule has 0 aromatic heterocycles. The number of carbonyl (C=O) groups is 1. The van der Waals surface area contributed by atoms with Gasteiger partial charge < -0.3 is 15.0 Å². The average molecular weight is 168 g/mol. The van der Waals surface area contributed by atoms with Crippen LogP contribution in [0, 0.1) is 6.92 Å². The molecule has 12 heavy (non-hydrogen) atoms. The Morgan fingerprint density at radius 1 is 1.42 bits per heavy atom. The lowest BCUT2D eigenvalue weighted by Gasteiger charge is -2.02. The number of benzene rings is 1. The molecule has 0 radical (unpaired) electrons. The van der Waals surface area contributed by atoms with Gasteiger partial charge in [-0.15, -0.1) is 0 Å². The summed E-state index contributed by atoms with van der Waals surface area (Å²) in [6.07, 6.45) is 0. The minimum absolute atomic E-state index is 0.0987. The summed E-state index contributed by atoms with van der Waals surface area (Å²) in [7, 11) is 0. The number of aliphatic hydroxyl groups is 1. The van der Waals surface area contributed by atoms with Crippen molar-refractivity contribution in [3.63, 3.8) is 0 Å². The van der Waals surface area contributed by atoms with Crippen molar-refractivity contribution in [2.24, 2.45) is 0 Å². The Labute approximate surface area is 71.3 Å². The summed E-state index contributed by atoms with van der Waals surface area (Å²) >= 11 is 0. The van der Waals surface area contributed by atoms with Crippen LogP contribution in [0.15, 0.2) is 18.2 Å². The molecule has 66 valence electrons. The van der Waals surface area contributed by atoms with Crippen LogP contribution >= 0.6 is 0 Å². The van der Waals surface area contributed by atoms with Crippen molar-refractivity contribution in [3.05, 3.63) is 29.3 Å². The van der Waals surface area contributed by atoms with Gasteiger partial charge in [0.05, 0.1) is 6.61 Å². The minimum Gasteiger partial charge on any atom is -0.508 e. The minimum atomic E-state index is -0.0987. The van der Waals surface area contributed by atoms with Gasteiger partial charge in [-0.3, -0.25) is 0 Å². The predicted molar refractivity (Wildman–Crippen MR) is 45.9 cm³/mol. The van der Waals surface area contributed by atoms with Crippen LogP contribution in [0.25, 0.3) is 0 Å². The van der Waals surface area contributed by atoms with Crippen LogP contribution in [0.2, 0.25) is 0 Å². The van der Waals surface area contributed by atoms with Gasteiger partial charge in [-0.1, -0.05) is 12.1 Å². The third-order valence-electron chi connectivity index (χ3n) is 1.54. The van der Waals surface area contributed by atoms with Gasteiger partial charge in [-0.2, -0.15) is 0 Å². The van der Waals surface area contributed by atoms with Crippen LogP contribution in [-0.4, -0.2) is 17.0 Å². The standard InChI is InChI=1S/C8H10O2.CH2O/c1-6-3-2-4-8(10)7(6)5-9;1-2/h2-4,9-10H,5H2,1H3;1H2. The molecule has 0 aliphatic rings. The van der Waals surface area contributed by atoms with Gasteiger partial charge in [-0.25, -0.2) is 0 Å². The molecule has 0 bridgehead atoms. The molecule has 0 unspecified atom stereocenters. The fourth-order valence-corrected chi connectivity index (χ4v) is 0.892. The monoisotopic (exact) mass is 168 g/mol. The summed E-state index contributed by atoms with van der Waals surface area (Å²) in [5, 5.41) is 17.9. The molecule has 1 rings (SSSR count). The Balaban J connectivity index is 0.000000561. The number of aliphatic hydroxyl groups excluding tert-OH is 1. The zero-order valence-electron chi connectivity index (χ0n) is 6.95. The number of aromatic hydroxyl groups is 1. The second-order valence-corrected chi connectivity index (χ2v) is 2.23. The van der Waals surface area contributed by atoms with Crippen LogP contribution in [-0.2, 0) is 11.4 Å². The third kappa shape index (κ3) is 2.36. The molecular formula is C9H12O3. The summed E-state index contributed by atoms with van der Waals surface area (Å²) in [5.41, 5.74) is 1.53. The Hall–Kier alpha value is -1.35. The first-order valence-electron chi connectivity index (χ1n) is 3.43. The molecule has 0 atom stereocenters. The van der Waals surface area contributed by atoms with E-state index in [1.807, 2.05) is 19.8 Å². The normalized spacial score (nSPS) is 8.50. The molecule has 0 amide bonds. The first-order valence-corrected chi connectivity index (χ1v) is 3.43. The maximum Gasteiger partial charge on any atom is 0.121 e.